The largest absolute Gasteiger partial charge is 0.368 e. The molecule has 0 bridgehead atoms. The maximum Gasteiger partial charge on any atom is 0.257 e. The smallest absolute Gasteiger partial charge is 0.257 e. The summed E-state index contributed by atoms with van der Waals surface area (Å²) in [7, 11) is 0. The average Bonchev–Trinajstić information content (AvgIpc) is 2.79. The molecule has 2 amide bonds. The summed E-state index contributed by atoms with van der Waals surface area (Å²) < 4.78 is 13.1. The van der Waals surface area contributed by atoms with Gasteiger partial charge in [0.25, 0.3) is 5.91 Å². The number of halogens is 1. The van der Waals surface area contributed by atoms with E-state index in [1.54, 1.807) is 34.3 Å². The first-order chi connectivity index (χ1) is 14.1. The van der Waals surface area contributed by atoms with Crippen molar-refractivity contribution in [1.29, 1.82) is 0 Å². The van der Waals surface area contributed by atoms with Crippen LogP contribution in [-0.4, -0.2) is 84.4 Å². The maximum atomic E-state index is 13.1. The summed E-state index contributed by atoms with van der Waals surface area (Å²) in [4.78, 5) is 40.0. The van der Waals surface area contributed by atoms with Crippen molar-refractivity contribution in [2.24, 2.45) is 0 Å². The van der Waals surface area contributed by atoms with Crippen LogP contribution in [0.3, 0.4) is 0 Å². The number of piperazine rings is 2. The first-order valence-corrected chi connectivity index (χ1v) is 9.70. The van der Waals surface area contributed by atoms with Crippen LogP contribution in [0.5, 0.6) is 0 Å². The second-order valence-corrected chi connectivity index (χ2v) is 7.16. The summed E-state index contributed by atoms with van der Waals surface area (Å²) >= 11 is 0. The average molecular weight is 398 g/mol. The van der Waals surface area contributed by atoms with Gasteiger partial charge in [0.2, 0.25) is 12.4 Å². The topological polar surface area (TPSA) is 72.9 Å². The minimum Gasteiger partial charge on any atom is -0.368 e. The molecule has 9 heteroatoms. The van der Waals surface area contributed by atoms with Gasteiger partial charge in [-0.1, -0.05) is 0 Å². The maximum absolute atomic E-state index is 13.1. The second-order valence-electron chi connectivity index (χ2n) is 7.16. The van der Waals surface area contributed by atoms with Gasteiger partial charge in [-0.25, -0.2) is 14.4 Å². The minimum absolute atomic E-state index is 0.0823. The highest BCUT2D eigenvalue weighted by molar-refractivity contribution is 5.93. The van der Waals surface area contributed by atoms with E-state index in [9.17, 15) is 14.0 Å². The van der Waals surface area contributed by atoms with E-state index in [1.807, 2.05) is 4.90 Å². The van der Waals surface area contributed by atoms with E-state index in [0.29, 0.717) is 63.9 Å². The lowest BCUT2D eigenvalue weighted by Gasteiger charge is -2.36. The summed E-state index contributed by atoms with van der Waals surface area (Å²) in [6, 6.07) is 6.41. The van der Waals surface area contributed by atoms with Crippen LogP contribution in [0.25, 0.3) is 0 Å². The Morgan fingerprint density at radius 1 is 0.862 bits per heavy atom. The van der Waals surface area contributed by atoms with Gasteiger partial charge in [0.1, 0.15) is 5.82 Å². The Balaban J connectivity index is 1.33. The van der Waals surface area contributed by atoms with Gasteiger partial charge in [-0.15, -0.1) is 0 Å². The Labute approximate surface area is 168 Å². The van der Waals surface area contributed by atoms with E-state index < -0.39 is 0 Å². The molecule has 2 fully saturated rings. The third-order valence-corrected chi connectivity index (χ3v) is 5.39. The zero-order chi connectivity index (χ0) is 20.2. The van der Waals surface area contributed by atoms with E-state index in [0.717, 1.165) is 12.1 Å². The first-order valence-electron chi connectivity index (χ1n) is 9.70. The van der Waals surface area contributed by atoms with Crippen LogP contribution in [0.15, 0.2) is 36.7 Å². The molecule has 0 atom stereocenters. The highest BCUT2D eigenvalue weighted by Gasteiger charge is 2.24. The van der Waals surface area contributed by atoms with Crippen molar-refractivity contribution in [2.75, 3.05) is 62.2 Å². The molecule has 152 valence electrons. The summed E-state index contributed by atoms with van der Waals surface area (Å²) in [5.41, 5.74) is 1.43. The first kappa shape index (κ1) is 19.1. The molecule has 3 heterocycles. The number of amides is 2. The van der Waals surface area contributed by atoms with Crippen molar-refractivity contribution in [3.63, 3.8) is 0 Å². The fourth-order valence-corrected chi connectivity index (χ4v) is 3.62. The molecule has 0 N–H and O–H groups in total. The van der Waals surface area contributed by atoms with Crippen LogP contribution in [-0.2, 0) is 4.79 Å². The molecule has 29 heavy (non-hydrogen) atoms. The number of anilines is 2. The summed E-state index contributed by atoms with van der Waals surface area (Å²) in [6.07, 6.45) is 4.00. The lowest BCUT2D eigenvalue weighted by molar-refractivity contribution is -0.118. The number of rotatable bonds is 4. The molecule has 2 aromatic rings. The van der Waals surface area contributed by atoms with Gasteiger partial charge in [0.05, 0.1) is 5.56 Å². The monoisotopic (exact) mass is 398 g/mol. The van der Waals surface area contributed by atoms with Gasteiger partial charge < -0.3 is 19.6 Å². The zero-order valence-corrected chi connectivity index (χ0v) is 16.1. The normalized spacial score (nSPS) is 17.4. The van der Waals surface area contributed by atoms with E-state index in [4.69, 9.17) is 0 Å². The number of hydrogen-bond acceptors (Lipinski definition) is 6. The van der Waals surface area contributed by atoms with Gasteiger partial charge in [-0.3, -0.25) is 9.59 Å². The summed E-state index contributed by atoms with van der Waals surface area (Å²) in [5, 5.41) is 0. The number of carbonyl (C=O) groups excluding carboxylic acids is 2. The molecule has 2 saturated heterocycles. The molecular weight excluding hydrogens is 375 g/mol. The second kappa shape index (κ2) is 8.42. The summed E-state index contributed by atoms with van der Waals surface area (Å²) in [6.45, 7) is 5.21. The number of hydrogen-bond donors (Lipinski definition) is 0. The van der Waals surface area contributed by atoms with Crippen LogP contribution in [0.1, 0.15) is 10.4 Å². The van der Waals surface area contributed by atoms with Crippen LogP contribution >= 0.6 is 0 Å². The molecule has 0 radical (unpaired) electrons. The Hall–Kier alpha value is -3.23. The number of aromatic nitrogens is 2. The lowest BCUT2D eigenvalue weighted by Crippen LogP contribution is -2.49. The van der Waals surface area contributed by atoms with Crippen LogP contribution in [0.4, 0.5) is 16.0 Å². The Kier molecular flexibility index (Phi) is 5.55. The highest BCUT2D eigenvalue weighted by Crippen LogP contribution is 2.18. The third kappa shape index (κ3) is 4.28. The van der Waals surface area contributed by atoms with Gasteiger partial charge in [-0.2, -0.15) is 0 Å². The molecule has 0 unspecified atom stereocenters. The SMILES string of the molecule is O=CN1CCN(c2ncc(C(=O)N3CCN(c4ccc(F)cc4)CC3)cn2)CC1. The summed E-state index contributed by atoms with van der Waals surface area (Å²) in [5.74, 6) is 0.242. The molecule has 2 aliphatic rings. The lowest BCUT2D eigenvalue weighted by atomic mass is 10.2. The molecule has 4 rings (SSSR count). The van der Waals surface area contributed by atoms with Crippen molar-refractivity contribution in [2.45, 2.75) is 0 Å². The van der Waals surface area contributed by atoms with Gasteiger partial charge in [0, 0.05) is 70.4 Å². The van der Waals surface area contributed by atoms with E-state index in [1.165, 1.54) is 12.1 Å². The molecule has 2 aliphatic heterocycles. The fourth-order valence-electron chi connectivity index (χ4n) is 3.62. The van der Waals surface area contributed by atoms with Crippen molar-refractivity contribution in [1.82, 2.24) is 19.8 Å². The van der Waals surface area contributed by atoms with Crippen LogP contribution in [0.2, 0.25) is 0 Å². The number of carbonyl (C=O) groups is 2. The van der Waals surface area contributed by atoms with Gasteiger partial charge in [0.15, 0.2) is 0 Å². The Bertz CT molecular complexity index is 844. The van der Waals surface area contributed by atoms with Crippen molar-refractivity contribution < 1.29 is 14.0 Å². The number of benzene rings is 1. The highest BCUT2D eigenvalue weighted by atomic mass is 19.1. The van der Waals surface area contributed by atoms with Gasteiger partial charge >= 0.3 is 0 Å². The van der Waals surface area contributed by atoms with Crippen LogP contribution < -0.4 is 9.80 Å². The number of nitrogens with zero attached hydrogens (tertiary/aromatic N) is 6. The predicted octanol–water partition coefficient (Wildman–Crippen LogP) is 0.856. The molecule has 1 aromatic heterocycles. The Morgan fingerprint density at radius 2 is 1.45 bits per heavy atom. The minimum atomic E-state index is -0.253. The third-order valence-electron chi connectivity index (χ3n) is 5.39. The van der Waals surface area contributed by atoms with E-state index >= 15 is 0 Å². The molecule has 0 saturated carbocycles. The standard InChI is InChI=1S/C20H23FN6O2/c21-17-1-3-18(4-2-17)25-9-11-26(12-10-25)19(29)16-13-22-20(23-14-16)27-7-5-24(15-28)6-8-27/h1-4,13-15H,5-12H2. The molecular formula is C20H23FN6O2. The van der Waals surface area contributed by atoms with E-state index in [-0.39, 0.29) is 11.7 Å². The van der Waals surface area contributed by atoms with Crippen molar-refractivity contribution in [3.05, 3.63) is 48.0 Å². The zero-order valence-electron chi connectivity index (χ0n) is 16.1. The molecule has 8 nitrogen and oxygen atoms in total. The Morgan fingerprint density at radius 3 is 2.03 bits per heavy atom. The quantitative estimate of drug-likeness (QED) is 0.712. The predicted molar refractivity (Wildman–Crippen MR) is 106 cm³/mol. The van der Waals surface area contributed by atoms with Crippen molar-refractivity contribution >= 4 is 24.0 Å². The van der Waals surface area contributed by atoms with Crippen molar-refractivity contribution in [3.8, 4) is 0 Å². The molecule has 0 spiro atoms. The van der Waals surface area contributed by atoms with E-state index in [2.05, 4.69) is 14.9 Å². The fraction of sp³-hybridized carbons (Fsp3) is 0.400. The van der Waals surface area contributed by atoms with Gasteiger partial charge in [-0.05, 0) is 24.3 Å². The molecule has 0 aliphatic carbocycles. The molecule has 1 aromatic carbocycles. The van der Waals surface area contributed by atoms with Crippen LogP contribution in [0, 0.1) is 5.82 Å².